The Balaban J connectivity index is 0.00000256. The van der Waals surface area contributed by atoms with Crippen LogP contribution in [0.2, 0.25) is 0 Å². The van der Waals surface area contributed by atoms with Crippen LogP contribution in [0.25, 0.3) is 0 Å². The number of hydrogen-bond donors (Lipinski definition) is 2. The van der Waals surface area contributed by atoms with Crippen molar-refractivity contribution < 1.29 is 9.59 Å². The number of nitrogens with zero attached hydrogens (tertiary/aromatic N) is 1. The zero-order valence-electron chi connectivity index (χ0n) is 10.2. The fourth-order valence-corrected chi connectivity index (χ4v) is 2.36. The molecule has 2 amide bonds. The van der Waals surface area contributed by atoms with Crippen molar-refractivity contribution in [2.75, 3.05) is 31.3 Å². The van der Waals surface area contributed by atoms with Crippen molar-refractivity contribution in [2.45, 2.75) is 19.9 Å². The Hall–Kier alpha value is -0.460. The van der Waals surface area contributed by atoms with E-state index in [0.717, 1.165) is 6.54 Å². The Bertz CT molecular complexity index is 266. The summed E-state index contributed by atoms with van der Waals surface area (Å²) >= 11 is 1.55. The van der Waals surface area contributed by atoms with Gasteiger partial charge in [0.2, 0.25) is 11.8 Å². The minimum absolute atomic E-state index is 0. The molecule has 7 heteroatoms. The van der Waals surface area contributed by atoms with Crippen molar-refractivity contribution in [2.24, 2.45) is 0 Å². The third-order valence-corrected chi connectivity index (χ3v) is 3.26. The fourth-order valence-electron chi connectivity index (χ4n) is 1.46. The molecule has 1 heterocycles. The summed E-state index contributed by atoms with van der Waals surface area (Å²) in [7, 11) is 0. The number of rotatable bonds is 6. The van der Waals surface area contributed by atoms with Crippen LogP contribution in [0.5, 0.6) is 0 Å². The first-order valence-corrected chi connectivity index (χ1v) is 6.64. The fraction of sp³-hybridized carbons (Fsp3) is 0.800. The highest BCUT2D eigenvalue weighted by atomic mass is 35.5. The number of likely N-dealkylation sites (N-methyl/N-ethyl adjacent to an activating group) is 1. The van der Waals surface area contributed by atoms with Gasteiger partial charge in [-0.05, 0) is 13.5 Å². The molecule has 0 unspecified atom stereocenters. The summed E-state index contributed by atoms with van der Waals surface area (Å²) < 4.78 is 0. The van der Waals surface area contributed by atoms with Gasteiger partial charge in [0, 0.05) is 12.6 Å². The predicted octanol–water partition coefficient (Wildman–Crippen LogP) is 0.0553. The molecule has 17 heavy (non-hydrogen) atoms. The largest absolute Gasteiger partial charge is 0.353 e. The minimum Gasteiger partial charge on any atom is -0.353 e. The highest BCUT2D eigenvalue weighted by molar-refractivity contribution is 8.00. The van der Waals surface area contributed by atoms with E-state index in [1.165, 1.54) is 0 Å². The molecule has 1 atom stereocenters. The van der Waals surface area contributed by atoms with Crippen LogP contribution in [-0.4, -0.2) is 54.0 Å². The molecule has 1 fully saturated rings. The molecular weight excluding hydrogens is 262 g/mol. The van der Waals surface area contributed by atoms with Crippen LogP contribution < -0.4 is 10.6 Å². The number of thioether (sulfide) groups is 1. The van der Waals surface area contributed by atoms with E-state index < -0.39 is 0 Å². The van der Waals surface area contributed by atoms with Crippen molar-refractivity contribution in [3.63, 3.8) is 0 Å². The third-order valence-electron chi connectivity index (χ3n) is 2.32. The van der Waals surface area contributed by atoms with Gasteiger partial charge in [-0.2, -0.15) is 0 Å². The summed E-state index contributed by atoms with van der Waals surface area (Å²) in [6.07, 6.45) is 0. The van der Waals surface area contributed by atoms with Gasteiger partial charge in [0.25, 0.3) is 0 Å². The summed E-state index contributed by atoms with van der Waals surface area (Å²) in [6.45, 7) is 5.71. The van der Waals surface area contributed by atoms with Gasteiger partial charge >= 0.3 is 0 Å². The van der Waals surface area contributed by atoms with Crippen LogP contribution in [-0.2, 0) is 9.59 Å². The molecule has 0 radical (unpaired) electrons. The second-order valence-corrected chi connectivity index (χ2v) is 4.79. The Labute approximate surface area is 112 Å². The first-order chi connectivity index (χ1) is 7.63. The molecule has 0 aliphatic carbocycles. The van der Waals surface area contributed by atoms with E-state index >= 15 is 0 Å². The quantitative estimate of drug-likeness (QED) is 0.723. The highest BCUT2D eigenvalue weighted by Crippen LogP contribution is 2.13. The van der Waals surface area contributed by atoms with Crippen LogP contribution in [0.4, 0.5) is 0 Å². The maximum Gasteiger partial charge on any atom is 0.239 e. The van der Waals surface area contributed by atoms with Gasteiger partial charge in [-0.15, -0.1) is 24.2 Å². The monoisotopic (exact) mass is 281 g/mol. The number of nitrogens with one attached hydrogen (secondary N) is 2. The average molecular weight is 282 g/mol. The van der Waals surface area contributed by atoms with Gasteiger partial charge in [-0.1, -0.05) is 6.92 Å². The number of carbonyl (C=O) groups excluding carboxylic acids is 2. The van der Waals surface area contributed by atoms with E-state index in [1.807, 2.05) is 13.8 Å². The summed E-state index contributed by atoms with van der Waals surface area (Å²) in [5, 5.41) is 6.01. The molecular formula is C10H20ClN3O2S. The second kappa shape index (κ2) is 8.60. The Morgan fingerprint density at radius 2 is 2.29 bits per heavy atom. The summed E-state index contributed by atoms with van der Waals surface area (Å²) in [5.41, 5.74) is 0. The topological polar surface area (TPSA) is 61.4 Å². The van der Waals surface area contributed by atoms with Gasteiger partial charge in [0.15, 0.2) is 0 Å². The molecule has 1 saturated heterocycles. The van der Waals surface area contributed by atoms with E-state index in [-0.39, 0.29) is 36.8 Å². The number of amides is 2. The normalized spacial score (nSPS) is 16.6. The molecule has 0 saturated carbocycles. The molecule has 0 spiro atoms. The van der Waals surface area contributed by atoms with E-state index in [4.69, 9.17) is 0 Å². The van der Waals surface area contributed by atoms with Gasteiger partial charge in [-0.3, -0.25) is 9.59 Å². The molecule has 1 aliphatic heterocycles. The van der Waals surface area contributed by atoms with Crippen LogP contribution >= 0.6 is 24.2 Å². The average Bonchev–Trinajstić information content (AvgIpc) is 2.62. The molecule has 2 N–H and O–H groups in total. The van der Waals surface area contributed by atoms with E-state index in [2.05, 4.69) is 10.6 Å². The Morgan fingerprint density at radius 3 is 2.82 bits per heavy atom. The Morgan fingerprint density at radius 1 is 1.59 bits per heavy atom. The summed E-state index contributed by atoms with van der Waals surface area (Å²) in [6, 6.07) is 0.262. The highest BCUT2D eigenvalue weighted by Gasteiger charge is 2.22. The molecule has 0 aromatic carbocycles. The maximum atomic E-state index is 11.5. The van der Waals surface area contributed by atoms with Crippen molar-refractivity contribution in [3.05, 3.63) is 0 Å². The lowest BCUT2D eigenvalue weighted by Crippen LogP contribution is -2.43. The number of carbonyl (C=O) groups is 2. The summed E-state index contributed by atoms with van der Waals surface area (Å²) in [5.74, 6) is 1.11. The molecule has 0 aromatic heterocycles. The third kappa shape index (κ3) is 6.14. The zero-order chi connectivity index (χ0) is 12.0. The van der Waals surface area contributed by atoms with Crippen LogP contribution in [0.3, 0.4) is 0 Å². The molecule has 1 aliphatic rings. The van der Waals surface area contributed by atoms with E-state index in [0.29, 0.717) is 18.2 Å². The smallest absolute Gasteiger partial charge is 0.239 e. The molecule has 0 aromatic rings. The van der Waals surface area contributed by atoms with E-state index in [1.54, 1.807) is 16.7 Å². The molecule has 100 valence electrons. The zero-order valence-corrected chi connectivity index (χ0v) is 11.8. The van der Waals surface area contributed by atoms with E-state index in [9.17, 15) is 9.59 Å². The molecule has 0 bridgehead atoms. The van der Waals surface area contributed by atoms with Crippen molar-refractivity contribution in [3.8, 4) is 0 Å². The van der Waals surface area contributed by atoms with Crippen LogP contribution in [0, 0.1) is 0 Å². The van der Waals surface area contributed by atoms with Crippen LogP contribution in [0.15, 0.2) is 0 Å². The Kier molecular flexibility index (Phi) is 8.37. The molecule has 1 rings (SSSR count). The minimum atomic E-state index is -0.0828. The number of hydrogen-bond acceptors (Lipinski definition) is 4. The standard InChI is InChI=1S/C10H19N3O2S.ClH/c1-3-11-8(2)4-12-9(14)5-13-7-16-6-10(13)15;/h8,11H,3-7H2,1-2H3,(H,12,14);1H/t8-;/m1./s1. The first kappa shape index (κ1) is 16.5. The lowest BCUT2D eigenvalue weighted by molar-refractivity contribution is -0.132. The maximum absolute atomic E-state index is 11.5. The van der Waals surface area contributed by atoms with Gasteiger partial charge in [0.05, 0.1) is 11.6 Å². The second-order valence-electron chi connectivity index (χ2n) is 3.83. The first-order valence-electron chi connectivity index (χ1n) is 5.49. The number of halogens is 1. The lowest BCUT2D eigenvalue weighted by Gasteiger charge is -2.16. The van der Waals surface area contributed by atoms with Crippen molar-refractivity contribution in [1.29, 1.82) is 0 Å². The predicted molar refractivity (Wildman–Crippen MR) is 72.4 cm³/mol. The van der Waals surface area contributed by atoms with Gasteiger partial charge in [0.1, 0.15) is 6.54 Å². The van der Waals surface area contributed by atoms with Crippen molar-refractivity contribution in [1.82, 2.24) is 15.5 Å². The molecule has 5 nitrogen and oxygen atoms in total. The lowest BCUT2D eigenvalue weighted by atomic mass is 10.3. The summed E-state index contributed by atoms with van der Waals surface area (Å²) in [4.78, 5) is 24.4. The van der Waals surface area contributed by atoms with Crippen molar-refractivity contribution >= 4 is 36.0 Å². The SMILES string of the molecule is CCN[C@H](C)CNC(=O)CN1CSCC1=O.Cl. The van der Waals surface area contributed by atoms with Crippen LogP contribution in [0.1, 0.15) is 13.8 Å². The van der Waals surface area contributed by atoms with Gasteiger partial charge < -0.3 is 15.5 Å². The van der Waals surface area contributed by atoms with Gasteiger partial charge in [-0.25, -0.2) is 0 Å².